The monoisotopic (exact) mass is 508 g/mol. The van der Waals surface area contributed by atoms with Gasteiger partial charge in [-0.3, -0.25) is 14.4 Å². The number of hydrogen-bond donors (Lipinski definition) is 3. The number of pyridine rings is 1. The second-order valence-corrected chi connectivity index (χ2v) is 9.56. The van der Waals surface area contributed by atoms with E-state index >= 15 is 0 Å². The van der Waals surface area contributed by atoms with Crippen LogP contribution in [0.3, 0.4) is 0 Å². The molecule has 0 radical (unpaired) electrons. The number of ether oxygens (including phenoxy) is 1. The molecule has 37 heavy (non-hydrogen) atoms. The van der Waals surface area contributed by atoms with E-state index < -0.39 is 0 Å². The molecule has 0 saturated carbocycles. The van der Waals surface area contributed by atoms with E-state index in [4.69, 9.17) is 4.74 Å². The highest BCUT2D eigenvalue weighted by Crippen LogP contribution is 2.30. The number of rotatable bonds is 11. The number of H-pyrrole nitrogens is 1. The maximum absolute atomic E-state index is 13.5. The molecular formula is C29H40N4O4. The third-order valence-corrected chi connectivity index (χ3v) is 6.93. The van der Waals surface area contributed by atoms with Gasteiger partial charge in [0.2, 0.25) is 5.91 Å². The average Bonchev–Trinajstić information content (AvgIpc) is 2.89. The van der Waals surface area contributed by atoms with Crippen molar-refractivity contribution in [3.8, 4) is 0 Å². The van der Waals surface area contributed by atoms with Crippen LogP contribution in [0.25, 0.3) is 0 Å². The third-order valence-electron chi connectivity index (χ3n) is 6.93. The van der Waals surface area contributed by atoms with Gasteiger partial charge in [-0.2, -0.15) is 0 Å². The summed E-state index contributed by atoms with van der Waals surface area (Å²) >= 11 is 0. The number of aromatic amines is 1. The lowest BCUT2D eigenvalue weighted by Gasteiger charge is -2.37. The van der Waals surface area contributed by atoms with Gasteiger partial charge in [0.1, 0.15) is 0 Å². The van der Waals surface area contributed by atoms with E-state index in [1.165, 1.54) is 6.08 Å². The molecule has 8 heteroatoms. The summed E-state index contributed by atoms with van der Waals surface area (Å²) in [7, 11) is 0. The van der Waals surface area contributed by atoms with Gasteiger partial charge in [0.05, 0.1) is 0 Å². The average molecular weight is 509 g/mol. The Hall–Kier alpha value is -3.39. The van der Waals surface area contributed by atoms with Gasteiger partial charge in [0, 0.05) is 61.4 Å². The summed E-state index contributed by atoms with van der Waals surface area (Å²) in [5.74, 6) is -0.520. The summed E-state index contributed by atoms with van der Waals surface area (Å²) in [6.07, 6.45) is 4.75. The SMILES string of the molecule is C=CC(=O)NCc1cc(C(=O)NCc2c(CCC)cc(C)[nH]c2=O)c(C)c(N(CC)C2CCOCC2)c1. The van der Waals surface area contributed by atoms with E-state index in [1.807, 2.05) is 26.0 Å². The summed E-state index contributed by atoms with van der Waals surface area (Å²) in [5, 5.41) is 5.80. The molecule has 1 aromatic heterocycles. The number of benzene rings is 1. The highest BCUT2D eigenvalue weighted by molar-refractivity contribution is 5.97. The van der Waals surface area contributed by atoms with Crippen LogP contribution in [-0.2, 0) is 29.0 Å². The number of nitrogens with one attached hydrogen (secondary N) is 3. The minimum absolute atomic E-state index is 0.146. The number of nitrogens with zero attached hydrogens (tertiary/aromatic N) is 1. The van der Waals surface area contributed by atoms with Gasteiger partial charge in [0.25, 0.3) is 11.5 Å². The van der Waals surface area contributed by atoms with Crippen molar-refractivity contribution in [1.82, 2.24) is 15.6 Å². The predicted molar refractivity (Wildman–Crippen MR) is 147 cm³/mol. The number of carbonyl (C=O) groups is 2. The molecule has 3 rings (SSSR count). The molecule has 0 atom stereocenters. The van der Waals surface area contributed by atoms with E-state index in [2.05, 4.69) is 47.0 Å². The van der Waals surface area contributed by atoms with E-state index in [1.54, 1.807) is 0 Å². The lowest BCUT2D eigenvalue weighted by molar-refractivity contribution is -0.116. The van der Waals surface area contributed by atoms with Crippen molar-refractivity contribution < 1.29 is 14.3 Å². The van der Waals surface area contributed by atoms with Crippen LogP contribution in [-0.4, -0.2) is 42.6 Å². The molecule has 2 amide bonds. The van der Waals surface area contributed by atoms with Crippen LogP contribution in [0.4, 0.5) is 5.69 Å². The zero-order chi connectivity index (χ0) is 26.9. The van der Waals surface area contributed by atoms with Crippen molar-refractivity contribution in [3.05, 3.63) is 74.7 Å². The Bertz CT molecular complexity index is 1180. The molecule has 1 aliphatic heterocycles. The molecule has 3 N–H and O–H groups in total. The molecule has 0 spiro atoms. The van der Waals surface area contributed by atoms with Crippen LogP contribution in [0.5, 0.6) is 0 Å². The Morgan fingerprint density at radius 1 is 1.14 bits per heavy atom. The smallest absolute Gasteiger partial charge is 0.253 e. The summed E-state index contributed by atoms with van der Waals surface area (Å²) in [4.78, 5) is 43.2. The highest BCUT2D eigenvalue weighted by Gasteiger charge is 2.25. The van der Waals surface area contributed by atoms with Crippen LogP contribution >= 0.6 is 0 Å². The Morgan fingerprint density at radius 2 is 1.86 bits per heavy atom. The maximum atomic E-state index is 13.5. The maximum Gasteiger partial charge on any atom is 0.253 e. The fourth-order valence-corrected chi connectivity index (χ4v) is 5.01. The Morgan fingerprint density at radius 3 is 2.51 bits per heavy atom. The molecule has 1 saturated heterocycles. The van der Waals surface area contributed by atoms with E-state index in [9.17, 15) is 14.4 Å². The molecular weight excluding hydrogens is 468 g/mol. The molecule has 200 valence electrons. The number of aryl methyl sites for hydroxylation is 2. The molecule has 0 bridgehead atoms. The van der Waals surface area contributed by atoms with Gasteiger partial charge < -0.3 is 25.3 Å². The normalized spacial score (nSPS) is 13.7. The van der Waals surface area contributed by atoms with Crippen LogP contribution < -0.4 is 21.1 Å². The fraction of sp³-hybridized carbons (Fsp3) is 0.483. The first-order chi connectivity index (χ1) is 17.8. The highest BCUT2D eigenvalue weighted by atomic mass is 16.5. The fourth-order valence-electron chi connectivity index (χ4n) is 5.01. The van der Waals surface area contributed by atoms with E-state index in [0.29, 0.717) is 30.4 Å². The summed E-state index contributed by atoms with van der Waals surface area (Å²) < 4.78 is 5.57. The first kappa shape index (κ1) is 28.2. The third kappa shape index (κ3) is 7.10. The second kappa shape index (κ2) is 13.2. The van der Waals surface area contributed by atoms with E-state index in [-0.39, 0.29) is 30.5 Å². The van der Waals surface area contributed by atoms with Crippen molar-refractivity contribution in [1.29, 1.82) is 0 Å². The number of amides is 2. The number of aromatic nitrogens is 1. The largest absolute Gasteiger partial charge is 0.381 e. The minimum atomic E-state index is -0.271. The summed E-state index contributed by atoms with van der Waals surface area (Å²) in [6.45, 7) is 14.2. The zero-order valence-electron chi connectivity index (χ0n) is 22.5. The number of hydrogen-bond acceptors (Lipinski definition) is 5. The van der Waals surface area contributed by atoms with Gasteiger partial charge in [0.15, 0.2) is 0 Å². The van der Waals surface area contributed by atoms with Crippen LogP contribution in [0, 0.1) is 13.8 Å². The van der Waals surface area contributed by atoms with Gasteiger partial charge in [-0.1, -0.05) is 19.9 Å². The van der Waals surface area contributed by atoms with Gasteiger partial charge in [-0.05, 0) is 81.0 Å². The van der Waals surface area contributed by atoms with E-state index in [0.717, 1.165) is 60.3 Å². The van der Waals surface area contributed by atoms with Crippen molar-refractivity contribution in [2.24, 2.45) is 0 Å². The Labute approximate surface area is 219 Å². The Kier molecular flexibility index (Phi) is 10.1. The molecule has 1 aliphatic rings. The van der Waals surface area contributed by atoms with Gasteiger partial charge in [-0.25, -0.2) is 0 Å². The topological polar surface area (TPSA) is 104 Å². The molecule has 1 aromatic carbocycles. The molecule has 2 aromatic rings. The van der Waals surface area contributed by atoms with Crippen molar-refractivity contribution >= 4 is 17.5 Å². The summed E-state index contributed by atoms with van der Waals surface area (Å²) in [6, 6.07) is 6.17. The van der Waals surface area contributed by atoms with Gasteiger partial charge in [-0.15, -0.1) is 0 Å². The molecule has 0 aliphatic carbocycles. The Balaban J connectivity index is 1.95. The molecule has 0 unspecified atom stereocenters. The zero-order valence-corrected chi connectivity index (χ0v) is 22.5. The lowest BCUT2D eigenvalue weighted by Crippen LogP contribution is -2.40. The summed E-state index contributed by atoms with van der Waals surface area (Å²) in [5.41, 5.74) is 5.40. The first-order valence-electron chi connectivity index (χ1n) is 13.2. The quantitative estimate of drug-likeness (QED) is 0.402. The number of carbonyl (C=O) groups excluding carboxylic acids is 2. The number of anilines is 1. The van der Waals surface area contributed by atoms with Crippen molar-refractivity contribution in [2.45, 2.75) is 72.5 Å². The van der Waals surface area contributed by atoms with Crippen LogP contribution in [0.1, 0.15) is 71.4 Å². The van der Waals surface area contributed by atoms with Crippen molar-refractivity contribution in [2.75, 3.05) is 24.7 Å². The molecule has 8 nitrogen and oxygen atoms in total. The first-order valence-corrected chi connectivity index (χ1v) is 13.2. The minimum Gasteiger partial charge on any atom is -0.381 e. The predicted octanol–water partition coefficient (Wildman–Crippen LogP) is 3.68. The van der Waals surface area contributed by atoms with Crippen LogP contribution in [0.15, 0.2) is 35.6 Å². The molecule has 2 heterocycles. The van der Waals surface area contributed by atoms with Crippen LogP contribution in [0.2, 0.25) is 0 Å². The van der Waals surface area contributed by atoms with Crippen molar-refractivity contribution in [3.63, 3.8) is 0 Å². The lowest BCUT2D eigenvalue weighted by atomic mass is 9.98. The second-order valence-electron chi connectivity index (χ2n) is 9.56. The standard InChI is InChI=1S/C29H40N4O4/c1-6-9-22-14-19(4)32-29(36)25(22)18-31-28(35)24-15-21(17-30-27(34)7-2)16-26(20(24)5)33(8-3)23-10-12-37-13-11-23/h7,14-16,23H,2,6,8-13,17-18H2,1,3-5H3,(H,30,34)(H,31,35)(H,32,36). The van der Waals surface area contributed by atoms with Gasteiger partial charge >= 0.3 is 0 Å². The molecule has 1 fully saturated rings.